The number of aromatic hydroxyl groups is 1. The SMILES string of the molecule is CCCOc1ccc(O)c(Cl)c1. The molecule has 0 unspecified atom stereocenters. The van der Waals surface area contributed by atoms with Crippen molar-refractivity contribution in [2.75, 3.05) is 6.61 Å². The molecule has 1 aromatic carbocycles. The van der Waals surface area contributed by atoms with Crippen molar-refractivity contribution in [2.24, 2.45) is 0 Å². The lowest BCUT2D eigenvalue weighted by Crippen LogP contribution is -1.94. The van der Waals surface area contributed by atoms with Crippen molar-refractivity contribution in [2.45, 2.75) is 13.3 Å². The van der Waals surface area contributed by atoms with Gasteiger partial charge in [0.25, 0.3) is 0 Å². The zero-order valence-corrected chi connectivity index (χ0v) is 7.64. The Labute approximate surface area is 76.7 Å². The Morgan fingerprint density at radius 2 is 2.25 bits per heavy atom. The summed E-state index contributed by atoms with van der Waals surface area (Å²) < 4.78 is 5.30. The third kappa shape index (κ3) is 2.31. The molecular formula is C9H11ClO2. The van der Waals surface area contributed by atoms with Gasteiger partial charge in [-0.1, -0.05) is 18.5 Å². The third-order valence-electron chi connectivity index (χ3n) is 1.39. The van der Waals surface area contributed by atoms with E-state index >= 15 is 0 Å². The third-order valence-corrected chi connectivity index (χ3v) is 1.69. The molecular weight excluding hydrogens is 176 g/mol. The molecule has 1 aromatic rings. The molecule has 0 bridgehead atoms. The van der Waals surface area contributed by atoms with Crippen LogP contribution in [0.2, 0.25) is 5.02 Å². The van der Waals surface area contributed by atoms with Crippen molar-refractivity contribution in [3.8, 4) is 11.5 Å². The van der Waals surface area contributed by atoms with Gasteiger partial charge in [-0.25, -0.2) is 0 Å². The largest absolute Gasteiger partial charge is 0.506 e. The van der Waals surface area contributed by atoms with Gasteiger partial charge in [0.05, 0.1) is 11.6 Å². The number of phenolic OH excluding ortho intramolecular Hbond substituents is 1. The minimum atomic E-state index is 0.0838. The van der Waals surface area contributed by atoms with Gasteiger partial charge in [-0.3, -0.25) is 0 Å². The Morgan fingerprint density at radius 1 is 1.50 bits per heavy atom. The van der Waals surface area contributed by atoms with Gasteiger partial charge in [0.2, 0.25) is 0 Å². The van der Waals surface area contributed by atoms with Gasteiger partial charge in [0.1, 0.15) is 11.5 Å². The topological polar surface area (TPSA) is 29.5 Å². The summed E-state index contributed by atoms with van der Waals surface area (Å²) in [7, 11) is 0. The molecule has 0 radical (unpaired) electrons. The van der Waals surface area contributed by atoms with Gasteiger partial charge in [0.15, 0.2) is 0 Å². The van der Waals surface area contributed by atoms with E-state index in [0.29, 0.717) is 17.4 Å². The molecule has 0 aliphatic heterocycles. The quantitative estimate of drug-likeness (QED) is 0.787. The predicted octanol–water partition coefficient (Wildman–Crippen LogP) is 2.83. The second-order valence-electron chi connectivity index (χ2n) is 2.46. The first-order valence-electron chi connectivity index (χ1n) is 3.85. The van der Waals surface area contributed by atoms with Crippen LogP contribution < -0.4 is 4.74 Å². The number of phenols is 1. The zero-order chi connectivity index (χ0) is 8.97. The van der Waals surface area contributed by atoms with Gasteiger partial charge in [-0.2, -0.15) is 0 Å². The lowest BCUT2D eigenvalue weighted by molar-refractivity contribution is 0.317. The normalized spacial score (nSPS) is 9.83. The van der Waals surface area contributed by atoms with Crippen molar-refractivity contribution in [3.63, 3.8) is 0 Å². The molecule has 66 valence electrons. The maximum atomic E-state index is 9.08. The summed E-state index contributed by atoms with van der Waals surface area (Å²) in [5.74, 6) is 0.778. The summed E-state index contributed by atoms with van der Waals surface area (Å²) in [6.45, 7) is 2.70. The Kier molecular flexibility index (Phi) is 3.23. The molecule has 0 aromatic heterocycles. The van der Waals surface area contributed by atoms with Crippen LogP contribution in [0.15, 0.2) is 18.2 Å². The van der Waals surface area contributed by atoms with E-state index in [2.05, 4.69) is 0 Å². The van der Waals surface area contributed by atoms with Crippen LogP contribution in [0, 0.1) is 0 Å². The summed E-state index contributed by atoms with van der Waals surface area (Å²) in [4.78, 5) is 0. The van der Waals surface area contributed by atoms with Crippen LogP contribution in [0.4, 0.5) is 0 Å². The minimum absolute atomic E-state index is 0.0838. The Bertz CT molecular complexity index is 261. The second-order valence-corrected chi connectivity index (χ2v) is 2.87. The fraction of sp³-hybridized carbons (Fsp3) is 0.333. The molecule has 0 fully saturated rings. The number of rotatable bonds is 3. The van der Waals surface area contributed by atoms with Crippen LogP contribution in [0.25, 0.3) is 0 Å². The Hall–Kier alpha value is -0.890. The molecule has 0 aliphatic rings. The van der Waals surface area contributed by atoms with E-state index in [1.807, 2.05) is 6.92 Å². The van der Waals surface area contributed by atoms with Gasteiger partial charge < -0.3 is 9.84 Å². The summed E-state index contributed by atoms with van der Waals surface area (Å²) in [6, 6.07) is 4.82. The Balaban J connectivity index is 2.69. The van der Waals surface area contributed by atoms with E-state index < -0.39 is 0 Å². The van der Waals surface area contributed by atoms with Gasteiger partial charge in [-0.15, -0.1) is 0 Å². The molecule has 0 heterocycles. The summed E-state index contributed by atoms with van der Waals surface area (Å²) in [6.07, 6.45) is 0.957. The average Bonchev–Trinajstić information content (AvgIpc) is 2.07. The van der Waals surface area contributed by atoms with Crippen LogP contribution in [-0.2, 0) is 0 Å². The zero-order valence-electron chi connectivity index (χ0n) is 6.88. The molecule has 12 heavy (non-hydrogen) atoms. The highest BCUT2D eigenvalue weighted by atomic mass is 35.5. The standard InChI is InChI=1S/C9H11ClO2/c1-2-5-12-7-3-4-9(11)8(10)6-7/h3-4,6,11H,2,5H2,1H3. The number of hydrogen-bond donors (Lipinski definition) is 1. The summed E-state index contributed by atoms with van der Waals surface area (Å²) in [5.41, 5.74) is 0. The fourth-order valence-corrected chi connectivity index (χ4v) is 0.968. The van der Waals surface area contributed by atoms with Crippen molar-refractivity contribution in [1.29, 1.82) is 0 Å². The molecule has 0 saturated heterocycles. The molecule has 0 saturated carbocycles. The van der Waals surface area contributed by atoms with Crippen molar-refractivity contribution in [3.05, 3.63) is 23.2 Å². The average molecular weight is 187 g/mol. The lowest BCUT2D eigenvalue weighted by atomic mass is 10.3. The van der Waals surface area contributed by atoms with Gasteiger partial charge in [0, 0.05) is 6.07 Å². The summed E-state index contributed by atoms with van der Waals surface area (Å²) in [5, 5.41) is 9.40. The van der Waals surface area contributed by atoms with Crippen LogP contribution in [0.1, 0.15) is 13.3 Å². The first-order valence-corrected chi connectivity index (χ1v) is 4.23. The molecule has 3 heteroatoms. The highest BCUT2D eigenvalue weighted by Gasteiger charge is 1.99. The molecule has 0 spiro atoms. The summed E-state index contributed by atoms with van der Waals surface area (Å²) >= 11 is 5.66. The van der Waals surface area contributed by atoms with E-state index in [0.717, 1.165) is 6.42 Å². The first kappa shape index (κ1) is 9.20. The molecule has 1 rings (SSSR count). The second kappa shape index (κ2) is 4.21. The van der Waals surface area contributed by atoms with Crippen LogP contribution in [0.5, 0.6) is 11.5 Å². The van der Waals surface area contributed by atoms with Crippen molar-refractivity contribution < 1.29 is 9.84 Å². The van der Waals surface area contributed by atoms with Crippen LogP contribution >= 0.6 is 11.6 Å². The van der Waals surface area contributed by atoms with Gasteiger partial charge >= 0.3 is 0 Å². The maximum absolute atomic E-state index is 9.08. The van der Waals surface area contributed by atoms with E-state index in [4.69, 9.17) is 21.4 Å². The van der Waals surface area contributed by atoms with E-state index in [1.165, 1.54) is 6.07 Å². The molecule has 1 N–H and O–H groups in total. The van der Waals surface area contributed by atoms with E-state index in [-0.39, 0.29) is 5.75 Å². The predicted molar refractivity (Wildman–Crippen MR) is 48.9 cm³/mol. The first-order chi connectivity index (χ1) is 5.74. The molecule has 0 atom stereocenters. The van der Waals surface area contributed by atoms with Gasteiger partial charge in [-0.05, 0) is 18.6 Å². The number of ether oxygens (including phenoxy) is 1. The van der Waals surface area contributed by atoms with Crippen molar-refractivity contribution >= 4 is 11.6 Å². The molecule has 0 aliphatic carbocycles. The number of hydrogen-bond acceptors (Lipinski definition) is 2. The van der Waals surface area contributed by atoms with E-state index in [9.17, 15) is 0 Å². The van der Waals surface area contributed by atoms with Crippen molar-refractivity contribution in [1.82, 2.24) is 0 Å². The molecule has 0 amide bonds. The highest BCUT2D eigenvalue weighted by Crippen LogP contribution is 2.27. The maximum Gasteiger partial charge on any atom is 0.134 e. The number of benzene rings is 1. The van der Waals surface area contributed by atoms with Crippen LogP contribution in [0.3, 0.4) is 0 Å². The minimum Gasteiger partial charge on any atom is -0.506 e. The monoisotopic (exact) mass is 186 g/mol. The molecule has 2 nitrogen and oxygen atoms in total. The highest BCUT2D eigenvalue weighted by molar-refractivity contribution is 6.32. The lowest BCUT2D eigenvalue weighted by Gasteiger charge is -2.04. The Morgan fingerprint density at radius 3 is 2.83 bits per heavy atom. The smallest absolute Gasteiger partial charge is 0.134 e. The number of halogens is 1. The fourth-order valence-electron chi connectivity index (χ4n) is 0.797. The van der Waals surface area contributed by atoms with E-state index in [1.54, 1.807) is 12.1 Å². The van der Waals surface area contributed by atoms with Crippen LogP contribution in [-0.4, -0.2) is 11.7 Å².